The minimum absolute atomic E-state index is 1.08. The topological polar surface area (TPSA) is 0 Å². The van der Waals surface area contributed by atoms with Crippen molar-refractivity contribution in [3.8, 4) is 0 Å². The maximum Gasteiger partial charge on any atom is -0.0414 e. The van der Waals surface area contributed by atoms with Gasteiger partial charge in [0.15, 0.2) is 0 Å². The van der Waals surface area contributed by atoms with E-state index in [2.05, 4.69) is 6.92 Å². The van der Waals surface area contributed by atoms with Crippen LogP contribution in [0.2, 0.25) is 0 Å². The van der Waals surface area contributed by atoms with Crippen molar-refractivity contribution in [2.75, 3.05) is 0 Å². The molecule has 0 heteroatoms. The van der Waals surface area contributed by atoms with Gasteiger partial charge in [0.25, 0.3) is 0 Å². The second-order valence-electron chi connectivity index (χ2n) is 5.41. The van der Waals surface area contributed by atoms with Crippen LogP contribution in [0.1, 0.15) is 90.4 Å². The van der Waals surface area contributed by atoms with E-state index in [0.717, 1.165) is 5.92 Å². The molecule has 0 bridgehead atoms. The van der Waals surface area contributed by atoms with E-state index in [0.29, 0.717) is 0 Å². The molecule has 0 aromatic rings. The first kappa shape index (κ1) is 13.1. The lowest BCUT2D eigenvalue weighted by Gasteiger charge is -2.15. The fourth-order valence-corrected chi connectivity index (χ4v) is 2.87. The number of hydrogen-bond donors (Lipinski definition) is 0. The summed E-state index contributed by atoms with van der Waals surface area (Å²) in [5.41, 5.74) is 0. The molecule has 0 amide bonds. The Labute approximate surface area is 96.8 Å². The zero-order valence-electron chi connectivity index (χ0n) is 10.8. The SMILES string of the molecule is CCCCCCC1CCCCCCCC1. The number of unbranched alkanes of at least 4 members (excludes halogenated alkanes) is 3. The van der Waals surface area contributed by atoms with E-state index in [1.54, 1.807) is 0 Å². The summed E-state index contributed by atoms with van der Waals surface area (Å²) < 4.78 is 0. The summed E-state index contributed by atoms with van der Waals surface area (Å²) in [7, 11) is 0. The van der Waals surface area contributed by atoms with Crippen LogP contribution in [0.15, 0.2) is 0 Å². The van der Waals surface area contributed by atoms with Crippen molar-refractivity contribution in [1.29, 1.82) is 0 Å². The zero-order valence-corrected chi connectivity index (χ0v) is 10.8. The largest absolute Gasteiger partial charge is 0.0654 e. The van der Waals surface area contributed by atoms with Gasteiger partial charge in [-0.15, -0.1) is 0 Å². The van der Waals surface area contributed by atoms with Crippen molar-refractivity contribution in [2.24, 2.45) is 5.92 Å². The van der Waals surface area contributed by atoms with Gasteiger partial charge in [-0.05, 0) is 5.92 Å². The van der Waals surface area contributed by atoms with E-state index < -0.39 is 0 Å². The quantitative estimate of drug-likeness (QED) is 0.510. The fourth-order valence-electron chi connectivity index (χ4n) is 2.87. The number of rotatable bonds is 5. The van der Waals surface area contributed by atoms with Crippen molar-refractivity contribution in [1.82, 2.24) is 0 Å². The average Bonchev–Trinajstić information content (AvgIpc) is 2.38. The molecule has 1 aliphatic carbocycles. The molecule has 0 aliphatic heterocycles. The van der Waals surface area contributed by atoms with E-state index in [1.165, 1.54) is 83.5 Å². The Hall–Kier alpha value is 0. The Bertz CT molecular complexity index is 118. The molecule has 1 fully saturated rings. The Morgan fingerprint density at radius 1 is 0.733 bits per heavy atom. The molecule has 1 aliphatic rings. The minimum Gasteiger partial charge on any atom is -0.0654 e. The normalized spacial score (nSPS) is 20.6. The molecule has 0 aromatic carbocycles. The van der Waals surface area contributed by atoms with E-state index in [9.17, 15) is 0 Å². The molecule has 0 saturated heterocycles. The predicted molar refractivity (Wildman–Crippen MR) is 69.2 cm³/mol. The van der Waals surface area contributed by atoms with Gasteiger partial charge >= 0.3 is 0 Å². The van der Waals surface area contributed by atoms with E-state index in [4.69, 9.17) is 0 Å². The lowest BCUT2D eigenvalue weighted by atomic mass is 9.91. The molecule has 0 atom stereocenters. The van der Waals surface area contributed by atoms with Crippen LogP contribution in [-0.2, 0) is 0 Å². The third-order valence-electron chi connectivity index (χ3n) is 3.94. The molecule has 15 heavy (non-hydrogen) atoms. The number of hydrogen-bond acceptors (Lipinski definition) is 0. The van der Waals surface area contributed by atoms with Gasteiger partial charge in [-0.2, -0.15) is 0 Å². The summed E-state index contributed by atoms with van der Waals surface area (Å²) in [4.78, 5) is 0. The molecule has 0 spiro atoms. The zero-order chi connectivity index (χ0) is 10.8. The van der Waals surface area contributed by atoms with Gasteiger partial charge < -0.3 is 0 Å². The summed E-state index contributed by atoms with van der Waals surface area (Å²) in [5, 5.41) is 0. The first-order valence-corrected chi connectivity index (χ1v) is 7.43. The molecule has 0 aromatic heterocycles. The van der Waals surface area contributed by atoms with Gasteiger partial charge in [0.05, 0.1) is 0 Å². The smallest absolute Gasteiger partial charge is 0.0414 e. The first-order valence-electron chi connectivity index (χ1n) is 7.43. The van der Waals surface area contributed by atoms with Crippen LogP contribution in [0.3, 0.4) is 0 Å². The predicted octanol–water partition coefficient (Wildman–Crippen LogP) is 5.71. The third kappa shape index (κ3) is 6.98. The third-order valence-corrected chi connectivity index (χ3v) is 3.94. The van der Waals surface area contributed by atoms with E-state index in [1.807, 2.05) is 0 Å². The second kappa shape index (κ2) is 9.24. The van der Waals surface area contributed by atoms with Gasteiger partial charge in [-0.3, -0.25) is 0 Å². The first-order chi connectivity index (χ1) is 7.43. The van der Waals surface area contributed by atoms with E-state index in [-0.39, 0.29) is 0 Å². The lowest BCUT2D eigenvalue weighted by Crippen LogP contribution is -2.00. The summed E-state index contributed by atoms with van der Waals surface area (Å²) in [6.45, 7) is 2.31. The summed E-state index contributed by atoms with van der Waals surface area (Å²) in [6.07, 6.45) is 19.4. The van der Waals surface area contributed by atoms with Crippen LogP contribution in [-0.4, -0.2) is 0 Å². The summed E-state index contributed by atoms with van der Waals surface area (Å²) in [5.74, 6) is 1.08. The van der Waals surface area contributed by atoms with Crippen LogP contribution in [0.4, 0.5) is 0 Å². The lowest BCUT2D eigenvalue weighted by molar-refractivity contribution is 0.383. The molecule has 1 rings (SSSR count). The fraction of sp³-hybridized carbons (Fsp3) is 1.00. The highest BCUT2D eigenvalue weighted by atomic mass is 14.2. The second-order valence-corrected chi connectivity index (χ2v) is 5.41. The van der Waals surface area contributed by atoms with Gasteiger partial charge in [-0.1, -0.05) is 90.4 Å². The maximum atomic E-state index is 2.31. The Balaban J connectivity index is 2.07. The monoisotopic (exact) mass is 210 g/mol. The summed E-state index contributed by atoms with van der Waals surface area (Å²) in [6, 6.07) is 0. The summed E-state index contributed by atoms with van der Waals surface area (Å²) >= 11 is 0. The Kier molecular flexibility index (Phi) is 8.05. The van der Waals surface area contributed by atoms with Crippen molar-refractivity contribution >= 4 is 0 Å². The van der Waals surface area contributed by atoms with Crippen LogP contribution in [0.25, 0.3) is 0 Å². The van der Waals surface area contributed by atoms with Gasteiger partial charge in [0.2, 0.25) is 0 Å². The van der Waals surface area contributed by atoms with Crippen LogP contribution in [0, 0.1) is 5.92 Å². The van der Waals surface area contributed by atoms with Crippen molar-refractivity contribution in [3.05, 3.63) is 0 Å². The van der Waals surface area contributed by atoms with Crippen molar-refractivity contribution < 1.29 is 0 Å². The molecule has 0 nitrogen and oxygen atoms in total. The molecule has 0 radical (unpaired) electrons. The molecule has 90 valence electrons. The van der Waals surface area contributed by atoms with Gasteiger partial charge in [0.1, 0.15) is 0 Å². The van der Waals surface area contributed by atoms with E-state index >= 15 is 0 Å². The average molecular weight is 210 g/mol. The molecular weight excluding hydrogens is 180 g/mol. The highest BCUT2D eigenvalue weighted by molar-refractivity contribution is 4.63. The van der Waals surface area contributed by atoms with Crippen LogP contribution < -0.4 is 0 Å². The van der Waals surface area contributed by atoms with Crippen LogP contribution >= 0.6 is 0 Å². The molecule has 0 heterocycles. The van der Waals surface area contributed by atoms with Gasteiger partial charge in [0, 0.05) is 0 Å². The minimum atomic E-state index is 1.08. The molecule has 0 N–H and O–H groups in total. The van der Waals surface area contributed by atoms with Crippen molar-refractivity contribution in [2.45, 2.75) is 90.4 Å². The molecule has 1 saturated carbocycles. The highest BCUT2D eigenvalue weighted by Gasteiger charge is 2.09. The van der Waals surface area contributed by atoms with Crippen LogP contribution in [0.5, 0.6) is 0 Å². The Morgan fingerprint density at radius 3 is 1.93 bits per heavy atom. The van der Waals surface area contributed by atoms with Crippen molar-refractivity contribution in [3.63, 3.8) is 0 Å². The van der Waals surface area contributed by atoms with Gasteiger partial charge in [-0.25, -0.2) is 0 Å². The molecule has 0 unspecified atom stereocenters. The standard InChI is InChI=1S/C15H30/c1-2-3-4-9-12-15-13-10-7-5-6-8-11-14-15/h15H,2-14H2,1H3. The highest BCUT2D eigenvalue weighted by Crippen LogP contribution is 2.26. The Morgan fingerprint density at radius 2 is 1.33 bits per heavy atom. The molecular formula is C15H30. The maximum absolute atomic E-state index is 2.31.